The predicted molar refractivity (Wildman–Crippen MR) is 60.8 cm³/mol. The summed E-state index contributed by atoms with van der Waals surface area (Å²) in [6.45, 7) is 3.19. The van der Waals surface area contributed by atoms with E-state index >= 15 is 0 Å². The van der Waals surface area contributed by atoms with Crippen molar-refractivity contribution in [1.29, 1.82) is 0 Å². The number of carbonyl (C=O) groups is 2. The van der Waals surface area contributed by atoms with E-state index in [1.807, 2.05) is 6.92 Å². The fourth-order valence-electron chi connectivity index (χ4n) is 2.30. The molecule has 1 heterocycles. The first-order valence-corrected chi connectivity index (χ1v) is 5.91. The number of allylic oxidation sites excluding steroid dienone is 2. The van der Waals surface area contributed by atoms with Gasteiger partial charge in [-0.15, -0.1) is 0 Å². The van der Waals surface area contributed by atoms with Crippen molar-refractivity contribution < 1.29 is 9.59 Å². The van der Waals surface area contributed by atoms with Gasteiger partial charge in [-0.25, -0.2) is 4.79 Å². The van der Waals surface area contributed by atoms with Crippen LogP contribution in [0, 0.1) is 11.8 Å². The van der Waals surface area contributed by atoms with Crippen molar-refractivity contribution in [2.24, 2.45) is 11.8 Å². The molecule has 0 spiro atoms. The van der Waals surface area contributed by atoms with E-state index in [0.717, 1.165) is 25.8 Å². The maximum atomic E-state index is 11.6. The molecule has 2 atom stereocenters. The molecule has 1 aliphatic carbocycles. The molecule has 1 aliphatic heterocycles. The van der Waals surface area contributed by atoms with Crippen LogP contribution in [-0.4, -0.2) is 29.9 Å². The number of nitrogens with one attached hydrogen (secondary N) is 1. The third kappa shape index (κ3) is 2.43. The summed E-state index contributed by atoms with van der Waals surface area (Å²) in [5.41, 5.74) is 0. The summed E-state index contributed by atoms with van der Waals surface area (Å²) in [5.74, 6) is 0.317. The highest BCUT2D eigenvalue weighted by molar-refractivity contribution is 5.97. The minimum Gasteiger partial charge on any atom is -0.323 e. The molecule has 3 amide bonds. The monoisotopic (exact) mass is 222 g/mol. The summed E-state index contributed by atoms with van der Waals surface area (Å²) in [6, 6.07) is -0.224. The molecule has 0 aromatic rings. The van der Waals surface area contributed by atoms with Crippen LogP contribution < -0.4 is 5.32 Å². The van der Waals surface area contributed by atoms with Crippen LogP contribution in [-0.2, 0) is 4.79 Å². The highest BCUT2D eigenvalue weighted by atomic mass is 16.2. The molecule has 0 bridgehead atoms. The van der Waals surface area contributed by atoms with Gasteiger partial charge in [-0.3, -0.25) is 10.1 Å². The van der Waals surface area contributed by atoms with Crippen LogP contribution in [0.15, 0.2) is 12.2 Å². The molecule has 0 aromatic heterocycles. The van der Waals surface area contributed by atoms with E-state index in [9.17, 15) is 9.59 Å². The van der Waals surface area contributed by atoms with Gasteiger partial charge in [0.15, 0.2) is 0 Å². The Morgan fingerprint density at radius 2 is 2.25 bits per heavy atom. The fourth-order valence-corrected chi connectivity index (χ4v) is 2.30. The molecule has 0 radical (unpaired) electrons. The molecule has 1 N–H and O–H groups in total. The summed E-state index contributed by atoms with van der Waals surface area (Å²) in [5, 5.41) is 2.40. The number of rotatable bonds is 2. The van der Waals surface area contributed by atoms with Crippen molar-refractivity contribution in [3.05, 3.63) is 12.2 Å². The minimum atomic E-state index is -0.224. The Bertz CT molecular complexity index is 325. The normalized spacial score (nSPS) is 30.4. The molecule has 88 valence electrons. The van der Waals surface area contributed by atoms with Gasteiger partial charge in [0, 0.05) is 13.1 Å². The van der Waals surface area contributed by atoms with Crippen molar-refractivity contribution in [3.63, 3.8) is 0 Å². The van der Waals surface area contributed by atoms with E-state index in [-0.39, 0.29) is 17.9 Å². The second kappa shape index (κ2) is 4.68. The van der Waals surface area contributed by atoms with Gasteiger partial charge in [-0.1, -0.05) is 19.1 Å². The standard InChI is InChI=1S/C12H18N2O2/c1-9-7-14(12(16)13-11(9)15)8-10-5-3-2-4-6-10/h2-3,9-10H,4-8H2,1H3,(H,13,15,16). The summed E-state index contributed by atoms with van der Waals surface area (Å²) >= 11 is 0. The maximum absolute atomic E-state index is 11.6. The highest BCUT2D eigenvalue weighted by Gasteiger charge is 2.30. The van der Waals surface area contributed by atoms with E-state index in [2.05, 4.69) is 17.5 Å². The second-order valence-electron chi connectivity index (χ2n) is 4.75. The van der Waals surface area contributed by atoms with Crippen LogP contribution in [0.25, 0.3) is 0 Å². The SMILES string of the molecule is CC1CN(CC2CC=CCC2)C(=O)NC1=O. The summed E-state index contributed by atoms with van der Waals surface area (Å²) in [7, 11) is 0. The van der Waals surface area contributed by atoms with E-state index in [0.29, 0.717) is 12.5 Å². The first-order chi connectivity index (χ1) is 7.66. The third-order valence-corrected chi connectivity index (χ3v) is 3.32. The van der Waals surface area contributed by atoms with E-state index in [4.69, 9.17) is 0 Å². The lowest BCUT2D eigenvalue weighted by molar-refractivity contribution is -0.125. The molecule has 0 aromatic carbocycles. The van der Waals surface area contributed by atoms with Crippen LogP contribution in [0.5, 0.6) is 0 Å². The zero-order valence-electron chi connectivity index (χ0n) is 9.61. The highest BCUT2D eigenvalue weighted by Crippen LogP contribution is 2.20. The lowest BCUT2D eigenvalue weighted by Crippen LogP contribution is -2.54. The number of hydrogen-bond acceptors (Lipinski definition) is 2. The topological polar surface area (TPSA) is 49.4 Å². The quantitative estimate of drug-likeness (QED) is 0.720. The molecule has 4 heteroatoms. The van der Waals surface area contributed by atoms with Crippen LogP contribution in [0.2, 0.25) is 0 Å². The number of hydrogen-bond donors (Lipinski definition) is 1. The Morgan fingerprint density at radius 1 is 1.44 bits per heavy atom. The van der Waals surface area contributed by atoms with Crippen molar-refractivity contribution in [2.75, 3.05) is 13.1 Å². The van der Waals surface area contributed by atoms with Gasteiger partial charge in [-0.2, -0.15) is 0 Å². The molecular weight excluding hydrogens is 204 g/mol. The Morgan fingerprint density at radius 3 is 2.94 bits per heavy atom. The van der Waals surface area contributed by atoms with Crippen LogP contribution in [0.4, 0.5) is 4.79 Å². The zero-order valence-corrected chi connectivity index (χ0v) is 9.61. The van der Waals surface area contributed by atoms with Crippen LogP contribution in [0.3, 0.4) is 0 Å². The Balaban J connectivity index is 1.91. The zero-order chi connectivity index (χ0) is 11.5. The average Bonchev–Trinajstić information content (AvgIpc) is 2.27. The number of amides is 3. The fraction of sp³-hybridized carbons (Fsp3) is 0.667. The van der Waals surface area contributed by atoms with Gasteiger partial charge >= 0.3 is 6.03 Å². The van der Waals surface area contributed by atoms with Crippen LogP contribution in [0.1, 0.15) is 26.2 Å². The molecular formula is C12H18N2O2. The van der Waals surface area contributed by atoms with Gasteiger partial charge in [0.25, 0.3) is 0 Å². The van der Waals surface area contributed by atoms with E-state index in [1.54, 1.807) is 4.90 Å². The number of carbonyl (C=O) groups excluding carboxylic acids is 2. The predicted octanol–water partition coefficient (Wildman–Crippen LogP) is 1.53. The lowest BCUT2D eigenvalue weighted by Gasteiger charge is -2.33. The van der Waals surface area contributed by atoms with Gasteiger partial charge in [0.2, 0.25) is 5.91 Å². The number of urea groups is 1. The van der Waals surface area contributed by atoms with E-state index in [1.165, 1.54) is 0 Å². The Hall–Kier alpha value is -1.32. The summed E-state index contributed by atoms with van der Waals surface area (Å²) < 4.78 is 0. The van der Waals surface area contributed by atoms with Gasteiger partial charge in [0.1, 0.15) is 0 Å². The number of imide groups is 1. The Kier molecular flexibility index (Phi) is 3.27. The molecule has 2 unspecified atom stereocenters. The average molecular weight is 222 g/mol. The minimum absolute atomic E-state index is 0.0863. The third-order valence-electron chi connectivity index (χ3n) is 3.32. The smallest absolute Gasteiger partial charge is 0.323 e. The summed E-state index contributed by atoms with van der Waals surface area (Å²) in [6.07, 6.45) is 7.67. The van der Waals surface area contributed by atoms with Crippen molar-refractivity contribution in [3.8, 4) is 0 Å². The maximum Gasteiger partial charge on any atom is 0.324 e. The Labute approximate surface area is 95.7 Å². The molecule has 2 aliphatic rings. The van der Waals surface area contributed by atoms with Gasteiger partial charge in [0.05, 0.1) is 5.92 Å². The lowest BCUT2D eigenvalue weighted by atomic mass is 9.93. The summed E-state index contributed by atoms with van der Waals surface area (Å²) in [4.78, 5) is 24.6. The molecule has 1 saturated heterocycles. The van der Waals surface area contributed by atoms with Gasteiger partial charge in [-0.05, 0) is 25.2 Å². The molecule has 0 saturated carbocycles. The largest absolute Gasteiger partial charge is 0.324 e. The molecule has 4 nitrogen and oxygen atoms in total. The van der Waals surface area contributed by atoms with Crippen molar-refractivity contribution in [2.45, 2.75) is 26.2 Å². The van der Waals surface area contributed by atoms with Crippen LogP contribution >= 0.6 is 0 Å². The van der Waals surface area contributed by atoms with Crippen molar-refractivity contribution in [1.82, 2.24) is 10.2 Å². The first kappa shape index (κ1) is 11.2. The second-order valence-corrected chi connectivity index (χ2v) is 4.75. The van der Waals surface area contributed by atoms with Gasteiger partial charge < -0.3 is 4.90 Å². The van der Waals surface area contributed by atoms with Crippen molar-refractivity contribution >= 4 is 11.9 Å². The number of nitrogens with zero attached hydrogens (tertiary/aromatic N) is 1. The molecule has 1 fully saturated rings. The molecule has 2 rings (SSSR count). The molecule has 16 heavy (non-hydrogen) atoms. The van der Waals surface area contributed by atoms with E-state index < -0.39 is 0 Å². The first-order valence-electron chi connectivity index (χ1n) is 5.91.